The normalized spacial score (nSPS) is 19.4. The molecule has 5 rings (SSSR count). The van der Waals surface area contributed by atoms with Gasteiger partial charge in [0, 0.05) is 57.6 Å². The first-order chi connectivity index (χ1) is 15.6. The molecule has 1 N–H and O–H groups in total. The van der Waals surface area contributed by atoms with Gasteiger partial charge < -0.3 is 19.7 Å². The molecule has 32 heavy (non-hydrogen) atoms. The fourth-order valence-corrected chi connectivity index (χ4v) is 4.88. The third-order valence-electron chi connectivity index (χ3n) is 6.41. The summed E-state index contributed by atoms with van der Waals surface area (Å²) in [4.78, 5) is 29.1. The van der Waals surface area contributed by atoms with Gasteiger partial charge in [0.2, 0.25) is 0 Å². The van der Waals surface area contributed by atoms with E-state index in [0.29, 0.717) is 18.2 Å². The molecule has 5 heterocycles. The van der Waals surface area contributed by atoms with Gasteiger partial charge in [-0.3, -0.25) is 4.90 Å². The number of aryl methyl sites for hydroxylation is 1. The highest BCUT2D eigenvalue weighted by Gasteiger charge is 2.34. The predicted molar refractivity (Wildman–Crippen MR) is 128 cm³/mol. The monoisotopic (exact) mass is 453 g/mol. The van der Waals surface area contributed by atoms with Crippen molar-refractivity contribution in [2.75, 3.05) is 49.1 Å². The molecule has 3 aromatic heterocycles. The van der Waals surface area contributed by atoms with Crippen LogP contribution in [-0.4, -0.2) is 70.8 Å². The Morgan fingerprint density at radius 2 is 2.03 bits per heavy atom. The van der Waals surface area contributed by atoms with Crippen LogP contribution in [0.25, 0.3) is 10.9 Å². The highest BCUT2D eigenvalue weighted by molar-refractivity contribution is 6.29. The fourth-order valence-electron chi connectivity index (χ4n) is 4.72. The average molecular weight is 454 g/mol. The molecule has 2 fully saturated rings. The lowest BCUT2D eigenvalue weighted by molar-refractivity contribution is 0.196. The molecule has 168 valence electrons. The minimum absolute atomic E-state index is 0.0265. The van der Waals surface area contributed by atoms with Gasteiger partial charge in [-0.1, -0.05) is 17.7 Å². The number of anilines is 2. The van der Waals surface area contributed by atoms with Gasteiger partial charge in [-0.05, 0) is 43.7 Å². The number of piperazine rings is 1. The Morgan fingerprint density at radius 1 is 1.19 bits per heavy atom. The molecule has 0 aliphatic carbocycles. The van der Waals surface area contributed by atoms with E-state index in [1.54, 1.807) is 12.3 Å². The molecule has 0 bridgehead atoms. The van der Waals surface area contributed by atoms with Gasteiger partial charge >= 0.3 is 6.03 Å². The number of nitrogens with zero attached hydrogens (tertiary/aromatic N) is 6. The zero-order valence-corrected chi connectivity index (χ0v) is 19.0. The van der Waals surface area contributed by atoms with E-state index in [2.05, 4.69) is 25.8 Å². The second-order valence-corrected chi connectivity index (χ2v) is 8.83. The van der Waals surface area contributed by atoms with Crippen molar-refractivity contribution in [1.82, 2.24) is 24.8 Å². The van der Waals surface area contributed by atoms with E-state index in [9.17, 15) is 4.79 Å². The highest BCUT2D eigenvalue weighted by atomic mass is 35.5. The molecule has 3 aromatic rings. The number of urea groups is 1. The number of nitrogens with one attached hydrogen (secondary N) is 1. The molecular formula is C23H28ClN7O. The first-order valence-corrected chi connectivity index (χ1v) is 11.6. The second kappa shape index (κ2) is 8.96. The van der Waals surface area contributed by atoms with E-state index in [1.165, 1.54) is 0 Å². The number of fused-ring (bicyclic) bond motifs is 1. The molecular weight excluding hydrogens is 426 g/mol. The lowest BCUT2D eigenvalue weighted by Gasteiger charge is -2.41. The van der Waals surface area contributed by atoms with Gasteiger partial charge in [0.15, 0.2) is 5.82 Å². The summed E-state index contributed by atoms with van der Waals surface area (Å²) < 4.78 is 2.05. The quantitative estimate of drug-likeness (QED) is 0.617. The van der Waals surface area contributed by atoms with Crippen molar-refractivity contribution >= 4 is 40.2 Å². The SMILES string of the molecule is Cn1ccc2ccnc(N(C(=O)N3CCN(c4cccc(Cl)n4)CC3)[C@@H]3CCCNC3)c21. The summed E-state index contributed by atoms with van der Waals surface area (Å²) in [5.74, 6) is 1.60. The number of hydrogen-bond donors (Lipinski definition) is 1. The number of rotatable bonds is 3. The number of halogens is 1. The average Bonchev–Trinajstić information content (AvgIpc) is 3.21. The van der Waals surface area contributed by atoms with E-state index in [1.807, 2.05) is 41.2 Å². The van der Waals surface area contributed by atoms with Crippen LogP contribution >= 0.6 is 11.6 Å². The third-order valence-corrected chi connectivity index (χ3v) is 6.62. The van der Waals surface area contributed by atoms with E-state index in [0.717, 1.165) is 61.6 Å². The van der Waals surface area contributed by atoms with E-state index < -0.39 is 0 Å². The maximum atomic E-state index is 13.9. The van der Waals surface area contributed by atoms with E-state index >= 15 is 0 Å². The number of hydrogen-bond acceptors (Lipinski definition) is 5. The van der Waals surface area contributed by atoms with Crippen LogP contribution in [0.1, 0.15) is 12.8 Å². The van der Waals surface area contributed by atoms with Gasteiger partial charge in [0.05, 0.1) is 11.6 Å². The summed E-state index contributed by atoms with van der Waals surface area (Å²) in [6.07, 6.45) is 5.84. The molecule has 2 aliphatic rings. The second-order valence-electron chi connectivity index (χ2n) is 8.44. The Kier molecular flexibility index (Phi) is 5.89. The molecule has 0 aromatic carbocycles. The first kappa shape index (κ1) is 21.0. The molecule has 2 aliphatic heterocycles. The molecule has 0 radical (unpaired) electrons. The summed E-state index contributed by atoms with van der Waals surface area (Å²) in [6, 6.07) is 9.82. The topological polar surface area (TPSA) is 69.5 Å². The van der Waals surface area contributed by atoms with Crippen LogP contribution in [-0.2, 0) is 7.05 Å². The van der Waals surface area contributed by atoms with Crippen molar-refractivity contribution in [2.24, 2.45) is 7.05 Å². The Bertz CT molecular complexity index is 1100. The lowest BCUT2D eigenvalue weighted by Crippen LogP contribution is -2.58. The van der Waals surface area contributed by atoms with Gasteiger partial charge in [-0.15, -0.1) is 0 Å². The van der Waals surface area contributed by atoms with Crippen molar-refractivity contribution in [3.63, 3.8) is 0 Å². The van der Waals surface area contributed by atoms with Crippen LogP contribution in [0.4, 0.5) is 16.4 Å². The minimum atomic E-state index is 0.0265. The molecule has 0 spiro atoms. The Hall–Kier alpha value is -2.84. The Balaban J connectivity index is 1.41. The minimum Gasteiger partial charge on any atom is -0.353 e. The summed E-state index contributed by atoms with van der Waals surface area (Å²) in [5.41, 5.74) is 0.994. The van der Waals surface area contributed by atoms with Crippen molar-refractivity contribution < 1.29 is 4.79 Å². The summed E-state index contributed by atoms with van der Waals surface area (Å²) >= 11 is 6.07. The van der Waals surface area contributed by atoms with E-state index in [4.69, 9.17) is 16.6 Å². The highest BCUT2D eigenvalue weighted by Crippen LogP contribution is 2.29. The van der Waals surface area contributed by atoms with Crippen LogP contribution in [0.5, 0.6) is 0 Å². The van der Waals surface area contributed by atoms with E-state index in [-0.39, 0.29) is 12.1 Å². The Labute approximate surface area is 192 Å². The van der Waals surface area contributed by atoms with Crippen LogP contribution < -0.4 is 15.1 Å². The predicted octanol–water partition coefficient (Wildman–Crippen LogP) is 3.12. The lowest BCUT2D eigenvalue weighted by atomic mass is 10.1. The number of amides is 2. The van der Waals surface area contributed by atoms with Gasteiger partial charge in [-0.2, -0.15) is 0 Å². The maximum Gasteiger partial charge on any atom is 0.326 e. The number of carbonyl (C=O) groups is 1. The van der Waals surface area contributed by atoms with Crippen LogP contribution in [0.3, 0.4) is 0 Å². The first-order valence-electron chi connectivity index (χ1n) is 11.2. The number of pyridine rings is 2. The third kappa shape index (κ3) is 4.00. The van der Waals surface area contributed by atoms with Gasteiger partial charge in [-0.25, -0.2) is 14.8 Å². The number of aromatic nitrogens is 3. The zero-order chi connectivity index (χ0) is 22.1. The van der Waals surface area contributed by atoms with Crippen LogP contribution in [0, 0.1) is 0 Å². The van der Waals surface area contributed by atoms with Gasteiger partial charge in [0.25, 0.3) is 0 Å². The molecule has 8 nitrogen and oxygen atoms in total. The summed E-state index contributed by atoms with van der Waals surface area (Å²) in [5, 5.41) is 5.04. The van der Waals surface area contributed by atoms with Crippen LogP contribution in [0.2, 0.25) is 5.15 Å². The van der Waals surface area contributed by atoms with Crippen molar-refractivity contribution in [3.05, 3.63) is 47.9 Å². The molecule has 9 heteroatoms. The zero-order valence-electron chi connectivity index (χ0n) is 18.2. The maximum absolute atomic E-state index is 13.9. The number of piperidine rings is 1. The van der Waals surface area contributed by atoms with Crippen molar-refractivity contribution in [1.29, 1.82) is 0 Å². The molecule has 0 unspecified atom stereocenters. The van der Waals surface area contributed by atoms with Gasteiger partial charge in [0.1, 0.15) is 11.0 Å². The van der Waals surface area contributed by atoms with Crippen LogP contribution in [0.15, 0.2) is 42.7 Å². The Morgan fingerprint density at radius 3 is 2.78 bits per heavy atom. The fraction of sp³-hybridized carbons (Fsp3) is 0.435. The molecule has 1 atom stereocenters. The molecule has 2 amide bonds. The number of carbonyl (C=O) groups excluding carboxylic acids is 1. The van der Waals surface area contributed by atoms with Crippen molar-refractivity contribution in [2.45, 2.75) is 18.9 Å². The summed E-state index contributed by atoms with van der Waals surface area (Å²) in [7, 11) is 2.01. The summed E-state index contributed by atoms with van der Waals surface area (Å²) in [6.45, 7) is 4.47. The standard InChI is InChI=1S/C23H28ClN7O/c1-28-11-8-17-7-10-26-22(21(17)28)31(18-4-3-9-25-16-18)23(32)30-14-12-29(13-15-30)20-6-2-5-19(24)27-20/h2,5-8,10-11,18,25H,3-4,9,12-16H2,1H3/t18-/m1/s1. The largest absolute Gasteiger partial charge is 0.353 e. The van der Waals surface area contributed by atoms with Crippen molar-refractivity contribution in [3.8, 4) is 0 Å². The molecule has 2 saturated heterocycles. The molecule has 0 saturated carbocycles. The smallest absolute Gasteiger partial charge is 0.326 e.